The van der Waals surface area contributed by atoms with E-state index in [0.717, 1.165) is 11.1 Å². The fourth-order valence-electron chi connectivity index (χ4n) is 2.94. The Labute approximate surface area is 163 Å². The molecule has 0 aliphatic carbocycles. The van der Waals surface area contributed by atoms with Crippen molar-refractivity contribution >= 4 is 12.0 Å². The number of benzene rings is 3. The normalized spacial score (nSPS) is 10.4. The second-order valence-corrected chi connectivity index (χ2v) is 6.17. The van der Waals surface area contributed by atoms with Crippen LogP contribution in [0.1, 0.15) is 15.9 Å². The van der Waals surface area contributed by atoms with Gasteiger partial charge >= 0.3 is 0 Å². The monoisotopic (exact) mass is 366 g/mol. The maximum Gasteiger partial charge on any atom is 0.263 e. The Hall–Kier alpha value is -3.92. The molecule has 0 aliphatic heterocycles. The summed E-state index contributed by atoms with van der Waals surface area (Å²) in [5, 5.41) is 0. The van der Waals surface area contributed by atoms with Gasteiger partial charge in [0.1, 0.15) is 11.5 Å². The molecule has 136 valence electrons. The van der Waals surface area contributed by atoms with Gasteiger partial charge in [-0.25, -0.2) is 4.98 Å². The zero-order valence-electron chi connectivity index (χ0n) is 15.2. The van der Waals surface area contributed by atoms with Gasteiger partial charge in [-0.1, -0.05) is 55.1 Å². The topological polar surface area (TPSA) is 44.1 Å². The van der Waals surface area contributed by atoms with Gasteiger partial charge < -0.3 is 4.74 Å². The molecule has 4 heteroatoms. The number of nitrogens with zero attached hydrogens (tertiary/aromatic N) is 2. The molecule has 0 unspecified atom stereocenters. The van der Waals surface area contributed by atoms with Crippen LogP contribution >= 0.6 is 0 Å². The zero-order valence-corrected chi connectivity index (χ0v) is 15.2. The van der Waals surface area contributed by atoms with E-state index in [-0.39, 0.29) is 5.91 Å². The number of rotatable bonds is 5. The summed E-state index contributed by atoms with van der Waals surface area (Å²) < 4.78 is 7.61. The molecule has 0 N–H and O–H groups in total. The fraction of sp³-hybridized carbons (Fsp3) is 0. The van der Waals surface area contributed by atoms with Crippen molar-refractivity contribution in [2.45, 2.75) is 0 Å². The van der Waals surface area contributed by atoms with E-state index < -0.39 is 0 Å². The highest BCUT2D eigenvalue weighted by Crippen LogP contribution is 2.34. The molecule has 0 aliphatic rings. The summed E-state index contributed by atoms with van der Waals surface area (Å²) in [7, 11) is 0. The predicted octanol–water partition coefficient (Wildman–Crippen LogP) is 5.67. The average molecular weight is 366 g/mol. The molecule has 1 aromatic heterocycles. The highest BCUT2D eigenvalue weighted by molar-refractivity contribution is 5.98. The molecular formula is C24H18N2O2. The fourth-order valence-corrected chi connectivity index (χ4v) is 2.94. The van der Waals surface area contributed by atoms with E-state index in [1.165, 1.54) is 4.57 Å². The third kappa shape index (κ3) is 3.48. The molecule has 0 saturated heterocycles. The molecular weight excluding hydrogens is 348 g/mol. The van der Waals surface area contributed by atoms with Crippen molar-refractivity contribution < 1.29 is 9.53 Å². The Morgan fingerprint density at radius 1 is 0.964 bits per heavy atom. The van der Waals surface area contributed by atoms with Crippen LogP contribution in [-0.4, -0.2) is 15.5 Å². The van der Waals surface area contributed by atoms with Crippen LogP contribution in [0.25, 0.3) is 17.5 Å². The summed E-state index contributed by atoms with van der Waals surface area (Å²) in [5.74, 6) is 1.69. The van der Waals surface area contributed by atoms with Crippen LogP contribution in [0.15, 0.2) is 97.8 Å². The van der Waals surface area contributed by atoms with E-state index in [1.807, 2.05) is 66.7 Å². The van der Waals surface area contributed by atoms with Gasteiger partial charge in [0, 0.05) is 18.0 Å². The molecule has 0 fully saturated rings. The largest absolute Gasteiger partial charge is 0.457 e. The summed E-state index contributed by atoms with van der Waals surface area (Å²) >= 11 is 0. The van der Waals surface area contributed by atoms with Crippen LogP contribution in [-0.2, 0) is 0 Å². The highest BCUT2D eigenvalue weighted by atomic mass is 16.5. The number of carbonyl (C=O) groups is 1. The Kier molecular flexibility index (Phi) is 4.85. The van der Waals surface area contributed by atoms with Crippen LogP contribution < -0.4 is 4.74 Å². The van der Waals surface area contributed by atoms with Gasteiger partial charge in [-0.2, -0.15) is 0 Å². The lowest BCUT2D eigenvalue weighted by atomic mass is 10.1. The molecule has 4 rings (SSSR count). The molecule has 4 nitrogen and oxygen atoms in total. The Morgan fingerprint density at radius 3 is 2.39 bits per heavy atom. The Morgan fingerprint density at radius 2 is 1.68 bits per heavy atom. The lowest BCUT2D eigenvalue weighted by Gasteiger charge is -2.13. The van der Waals surface area contributed by atoms with E-state index in [4.69, 9.17) is 4.74 Å². The lowest BCUT2D eigenvalue weighted by molar-refractivity contribution is 0.0961. The Bertz CT molecular complexity index is 1120. The van der Waals surface area contributed by atoms with Crippen molar-refractivity contribution in [2.24, 2.45) is 0 Å². The first-order valence-corrected chi connectivity index (χ1v) is 8.89. The second-order valence-electron chi connectivity index (χ2n) is 6.17. The molecule has 0 radical (unpaired) electrons. The summed E-state index contributed by atoms with van der Waals surface area (Å²) in [5.41, 5.74) is 2.22. The molecule has 4 aromatic rings. The first-order valence-electron chi connectivity index (χ1n) is 8.89. The van der Waals surface area contributed by atoms with Crippen molar-refractivity contribution in [1.82, 2.24) is 9.55 Å². The smallest absolute Gasteiger partial charge is 0.263 e. The lowest BCUT2D eigenvalue weighted by Crippen LogP contribution is -2.12. The van der Waals surface area contributed by atoms with Crippen LogP contribution in [0.3, 0.4) is 0 Å². The van der Waals surface area contributed by atoms with Crippen molar-refractivity contribution in [3.63, 3.8) is 0 Å². The number of hydrogen-bond donors (Lipinski definition) is 0. The molecule has 0 bridgehead atoms. The zero-order chi connectivity index (χ0) is 19.3. The van der Waals surface area contributed by atoms with Crippen molar-refractivity contribution in [2.75, 3.05) is 0 Å². The van der Waals surface area contributed by atoms with Gasteiger partial charge in [0.05, 0.1) is 5.56 Å². The van der Waals surface area contributed by atoms with Gasteiger partial charge in [-0.05, 0) is 42.0 Å². The maximum atomic E-state index is 13.0. The summed E-state index contributed by atoms with van der Waals surface area (Å²) in [6.45, 7) is 3.84. The van der Waals surface area contributed by atoms with Gasteiger partial charge in [0.2, 0.25) is 0 Å². The average Bonchev–Trinajstić information content (AvgIpc) is 3.24. The standard InChI is InChI=1S/C24H18N2O2/c1-2-18-13-14-22(28-20-11-7-4-8-12-20)21(17-18)23-25-15-16-26(23)24(27)19-9-5-3-6-10-19/h2-17H,1H2. The van der Waals surface area contributed by atoms with Gasteiger partial charge in [0.25, 0.3) is 5.91 Å². The van der Waals surface area contributed by atoms with Crippen LogP contribution in [0, 0.1) is 0 Å². The third-order valence-electron chi connectivity index (χ3n) is 4.33. The summed E-state index contributed by atoms with van der Waals surface area (Å²) in [6.07, 6.45) is 5.03. The molecule has 28 heavy (non-hydrogen) atoms. The van der Waals surface area contributed by atoms with Crippen molar-refractivity contribution in [3.05, 3.63) is 109 Å². The molecule has 0 amide bonds. The minimum Gasteiger partial charge on any atom is -0.457 e. The number of ether oxygens (including phenoxy) is 1. The van der Waals surface area contributed by atoms with Crippen LogP contribution in [0.4, 0.5) is 0 Å². The van der Waals surface area contributed by atoms with E-state index in [0.29, 0.717) is 22.9 Å². The molecule has 3 aromatic carbocycles. The Balaban J connectivity index is 1.80. The van der Waals surface area contributed by atoms with Crippen LogP contribution in [0.5, 0.6) is 11.5 Å². The summed E-state index contributed by atoms with van der Waals surface area (Å²) in [4.78, 5) is 17.4. The van der Waals surface area contributed by atoms with Gasteiger partial charge in [-0.3, -0.25) is 9.36 Å². The van der Waals surface area contributed by atoms with E-state index in [2.05, 4.69) is 11.6 Å². The van der Waals surface area contributed by atoms with Crippen molar-refractivity contribution in [1.29, 1.82) is 0 Å². The quantitative estimate of drug-likeness (QED) is 0.457. The number of para-hydroxylation sites is 1. The number of imidazole rings is 1. The second kappa shape index (κ2) is 7.76. The van der Waals surface area contributed by atoms with Gasteiger partial charge in [-0.15, -0.1) is 0 Å². The van der Waals surface area contributed by atoms with E-state index >= 15 is 0 Å². The summed E-state index contributed by atoms with van der Waals surface area (Å²) in [6, 6.07) is 24.3. The number of carbonyl (C=O) groups excluding carboxylic acids is 1. The van der Waals surface area contributed by atoms with E-state index in [9.17, 15) is 4.79 Å². The van der Waals surface area contributed by atoms with Gasteiger partial charge in [0.15, 0.2) is 5.82 Å². The minimum absolute atomic E-state index is 0.150. The number of hydrogen-bond acceptors (Lipinski definition) is 3. The first kappa shape index (κ1) is 17.5. The molecule has 1 heterocycles. The van der Waals surface area contributed by atoms with Crippen LogP contribution in [0.2, 0.25) is 0 Å². The molecule has 0 saturated carbocycles. The molecule has 0 atom stereocenters. The van der Waals surface area contributed by atoms with E-state index in [1.54, 1.807) is 30.6 Å². The third-order valence-corrected chi connectivity index (χ3v) is 4.33. The number of aromatic nitrogens is 2. The maximum absolute atomic E-state index is 13.0. The first-order chi connectivity index (χ1) is 13.8. The molecule has 0 spiro atoms. The van der Waals surface area contributed by atoms with Crippen molar-refractivity contribution in [3.8, 4) is 22.9 Å². The SMILES string of the molecule is C=Cc1ccc(Oc2ccccc2)c(-c2nccn2C(=O)c2ccccc2)c1. The minimum atomic E-state index is -0.150. The highest BCUT2D eigenvalue weighted by Gasteiger charge is 2.18. The predicted molar refractivity (Wildman–Crippen MR) is 110 cm³/mol.